The van der Waals surface area contributed by atoms with Crippen molar-refractivity contribution in [3.8, 4) is 0 Å². The highest BCUT2D eigenvalue weighted by molar-refractivity contribution is 5.71. The highest BCUT2D eigenvalue weighted by atomic mass is 16.6. The Bertz CT molecular complexity index is 2000. The summed E-state index contributed by atoms with van der Waals surface area (Å²) in [5.74, 6) is -1.11. The Morgan fingerprint density at radius 2 is 0.481 bits per heavy atom. The van der Waals surface area contributed by atoms with Crippen LogP contribution in [0.1, 0.15) is 226 Å². The zero-order valence-electron chi connectivity index (χ0n) is 51.2. The maximum Gasteiger partial charge on any atom is 0.306 e. The van der Waals surface area contributed by atoms with Crippen LogP contribution in [0.5, 0.6) is 0 Å². The molecule has 0 saturated carbocycles. The average Bonchev–Trinajstić information content (AvgIpc) is 3.46. The van der Waals surface area contributed by atoms with Crippen molar-refractivity contribution >= 4 is 17.9 Å². The van der Waals surface area contributed by atoms with Crippen LogP contribution in [-0.4, -0.2) is 37.2 Å². The number of rotatable bonds is 54. The second-order valence-corrected chi connectivity index (χ2v) is 19.8. The first-order valence-corrected chi connectivity index (χ1v) is 31.6. The maximum absolute atomic E-state index is 12.9. The largest absolute Gasteiger partial charge is 0.462 e. The molecular weight excluding hydrogens is 997 g/mol. The molecule has 81 heavy (non-hydrogen) atoms. The molecule has 0 aromatic rings. The topological polar surface area (TPSA) is 78.9 Å². The van der Waals surface area contributed by atoms with Crippen molar-refractivity contribution < 1.29 is 28.6 Å². The van der Waals surface area contributed by atoms with Crippen LogP contribution in [0.15, 0.2) is 207 Å². The molecule has 0 spiro atoms. The summed E-state index contributed by atoms with van der Waals surface area (Å²) in [6.07, 6.45) is 103. The van der Waals surface area contributed by atoms with E-state index < -0.39 is 12.1 Å². The minimum absolute atomic E-state index is 0.140. The quantitative estimate of drug-likeness (QED) is 0.0261. The fraction of sp³-hybridized carbons (Fsp3) is 0.507. The van der Waals surface area contributed by atoms with Crippen LogP contribution in [0.25, 0.3) is 0 Å². The van der Waals surface area contributed by atoms with Gasteiger partial charge in [-0.25, -0.2) is 0 Å². The van der Waals surface area contributed by atoms with Crippen molar-refractivity contribution in [2.45, 2.75) is 232 Å². The Balaban J connectivity index is 4.53. The van der Waals surface area contributed by atoms with Gasteiger partial charge in [-0.1, -0.05) is 266 Å². The van der Waals surface area contributed by atoms with Crippen LogP contribution in [0, 0.1) is 0 Å². The van der Waals surface area contributed by atoms with E-state index in [1.54, 1.807) is 0 Å². The van der Waals surface area contributed by atoms with Gasteiger partial charge in [-0.3, -0.25) is 14.4 Å². The zero-order chi connectivity index (χ0) is 58.5. The van der Waals surface area contributed by atoms with E-state index in [9.17, 15) is 14.4 Å². The van der Waals surface area contributed by atoms with Gasteiger partial charge < -0.3 is 14.2 Å². The van der Waals surface area contributed by atoms with E-state index in [4.69, 9.17) is 14.2 Å². The molecule has 0 rings (SSSR count). The van der Waals surface area contributed by atoms with Gasteiger partial charge in [0.2, 0.25) is 0 Å². The first-order chi connectivity index (χ1) is 40.0. The molecular formula is C75H112O6. The Labute approximate surface area is 496 Å². The lowest BCUT2D eigenvalue weighted by Crippen LogP contribution is -2.30. The summed E-state index contributed by atoms with van der Waals surface area (Å²) in [6.45, 7) is 6.15. The van der Waals surface area contributed by atoms with Crippen LogP contribution < -0.4 is 0 Å². The highest BCUT2D eigenvalue weighted by Crippen LogP contribution is 2.13. The van der Waals surface area contributed by atoms with Gasteiger partial charge in [-0.2, -0.15) is 0 Å². The zero-order valence-corrected chi connectivity index (χ0v) is 51.2. The van der Waals surface area contributed by atoms with Crippen molar-refractivity contribution in [2.75, 3.05) is 13.2 Å². The van der Waals surface area contributed by atoms with Crippen LogP contribution in [0.2, 0.25) is 0 Å². The van der Waals surface area contributed by atoms with Crippen molar-refractivity contribution in [3.05, 3.63) is 207 Å². The van der Waals surface area contributed by atoms with Gasteiger partial charge >= 0.3 is 17.9 Å². The molecule has 0 aromatic carbocycles. The summed E-state index contributed by atoms with van der Waals surface area (Å²) in [4.78, 5) is 38.2. The maximum atomic E-state index is 12.9. The molecule has 6 nitrogen and oxygen atoms in total. The molecule has 6 heteroatoms. The predicted octanol–water partition coefficient (Wildman–Crippen LogP) is 22.0. The van der Waals surface area contributed by atoms with E-state index in [1.807, 2.05) is 12.2 Å². The van der Waals surface area contributed by atoms with Gasteiger partial charge in [0, 0.05) is 19.3 Å². The molecule has 1 atom stereocenters. The third kappa shape index (κ3) is 64.7. The Kier molecular flexibility index (Phi) is 61.6. The molecule has 0 aliphatic carbocycles. The lowest BCUT2D eigenvalue weighted by Gasteiger charge is -2.18. The van der Waals surface area contributed by atoms with Gasteiger partial charge in [0.05, 0.1) is 0 Å². The van der Waals surface area contributed by atoms with Crippen LogP contribution in [0.4, 0.5) is 0 Å². The molecule has 0 amide bonds. The molecule has 0 saturated heterocycles. The summed E-state index contributed by atoms with van der Waals surface area (Å²) < 4.78 is 16.8. The number of hydrogen-bond acceptors (Lipinski definition) is 6. The van der Waals surface area contributed by atoms with Gasteiger partial charge in [0.1, 0.15) is 13.2 Å². The summed E-state index contributed by atoms with van der Waals surface area (Å²) in [5.41, 5.74) is 0. The molecule has 448 valence electrons. The van der Waals surface area contributed by atoms with Gasteiger partial charge in [-0.15, -0.1) is 0 Å². The predicted molar refractivity (Wildman–Crippen MR) is 352 cm³/mol. The fourth-order valence-corrected chi connectivity index (χ4v) is 7.68. The Morgan fingerprint density at radius 3 is 0.802 bits per heavy atom. The second kappa shape index (κ2) is 66.5. The molecule has 0 radical (unpaired) electrons. The van der Waals surface area contributed by atoms with Crippen molar-refractivity contribution in [1.82, 2.24) is 0 Å². The van der Waals surface area contributed by atoms with Crippen molar-refractivity contribution in [1.29, 1.82) is 0 Å². The average molecular weight is 1110 g/mol. The lowest BCUT2D eigenvalue weighted by molar-refractivity contribution is -0.166. The number of hydrogen-bond donors (Lipinski definition) is 0. The molecule has 0 aliphatic rings. The lowest BCUT2D eigenvalue weighted by atomic mass is 10.1. The summed E-state index contributed by atoms with van der Waals surface area (Å²) in [6, 6.07) is 0. The van der Waals surface area contributed by atoms with Crippen LogP contribution in [-0.2, 0) is 28.6 Å². The SMILES string of the molecule is CC/C=C\C/C=C\C/C=C\C/C=C\C/C=C\C/C=C\C/C=C\CCCC(=O)OC(COC(=O)CC/C=C\C/C=C\C/C=C\C/C=C\CC)COC(=O)CCCCCCCCCC/C=C\C/C=C\C/C=C\C/C=C\C/C=C\C/C=C\CC. The number of carbonyl (C=O) groups excluding carboxylic acids is 3. The van der Waals surface area contributed by atoms with Crippen molar-refractivity contribution in [3.63, 3.8) is 0 Å². The number of carbonyl (C=O) groups is 3. The molecule has 0 aromatic heterocycles. The first-order valence-electron chi connectivity index (χ1n) is 31.6. The molecule has 0 N–H and O–H groups in total. The normalized spacial score (nSPS) is 13.6. The molecule has 0 heterocycles. The fourth-order valence-electron chi connectivity index (χ4n) is 7.68. The molecule has 1 unspecified atom stereocenters. The number of allylic oxidation sites excluding steroid dienone is 34. The van der Waals surface area contributed by atoms with E-state index >= 15 is 0 Å². The van der Waals surface area contributed by atoms with Gasteiger partial charge in [0.25, 0.3) is 0 Å². The minimum atomic E-state index is -0.856. The smallest absolute Gasteiger partial charge is 0.306 e. The first kappa shape index (κ1) is 75.0. The standard InChI is InChI=1S/C75H112O6/c1-4-7-10-13-16-19-22-25-27-29-31-33-35-36-37-38-40-41-43-45-47-50-53-56-59-62-65-68-74(77)80-71-72(70-79-73(76)67-64-61-58-55-52-49-24-21-18-15-12-9-6-3)81-75(78)69-66-63-60-57-54-51-48-46-44-42-39-34-32-30-28-26-23-20-17-14-11-8-5-2/h7-12,16-21,25-28,31-34,36-37,40-42,44,48-49,51-52,57-58,60-61,72H,4-6,13-15,22-24,29-30,35,38-39,43,45-47,50,53-56,59,62-71H2,1-3H3/b10-7-,11-8-,12-9-,19-16-,20-17-,21-18-,27-25-,28-26-,33-31-,34-32-,37-36-,41-40-,44-42-,51-48-,52-49-,60-57-,61-58-. The number of ether oxygens (including phenoxy) is 3. The highest BCUT2D eigenvalue weighted by Gasteiger charge is 2.19. The summed E-state index contributed by atoms with van der Waals surface area (Å²) >= 11 is 0. The van der Waals surface area contributed by atoms with Gasteiger partial charge in [-0.05, 0) is 148 Å². The monoisotopic (exact) mass is 1110 g/mol. The molecule has 0 fully saturated rings. The summed E-state index contributed by atoms with van der Waals surface area (Å²) in [7, 11) is 0. The Morgan fingerprint density at radius 1 is 0.247 bits per heavy atom. The van der Waals surface area contributed by atoms with E-state index in [0.29, 0.717) is 19.3 Å². The van der Waals surface area contributed by atoms with Gasteiger partial charge in [0.15, 0.2) is 6.10 Å². The van der Waals surface area contributed by atoms with Crippen molar-refractivity contribution in [2.24, 2.45) is 0 Å². The molecule has 0 aliphatic heterocycles. The molecule has 0 bridgehead atoms. The van der Waals surface area contributed by atoms with E-state index in [2.05, 4.69) is 215 Å². The van der Waals surface area contributed by atoms with E-state index in [-0.39, 0.29) is 38.0 Å². The third-order valence-electron chi connectivity index (χ3n) is 12.3. The summed E-state index contributed by atoms with van der Waals surface area (Å²) in [5, 5.41) is 0. The van der Waals surface area contributed by atoms with E-state index in [1.165, 1.54) is 32.1 Å². The minimum Gasteiger partial charge on any atom is -0.462 e. The number of esters is 3. The third-order valence-corrected chi connectivity index (χ3v) is 12.3. The second-order valence-electron chi connectivity index (χ2n) is 19.8. The van der Waals surface area contributed by atoms with Crippen LogP contribution >= 0.6 is 0 Å². The van der Waals surface area contributed by atoms with E-state index in [0.717, 1.165) is 141 Å². The van der Waals surface area contributed by atoms with Crippen LogP contribution in [0.3, 0.4) is 0 Å². The Hall–Kier alpha value is -6.01. The number of unbranched alkanes of at least 4 members (excludes halogenated alkanes) is 9.